The van der Waals surface area contributed by atoms with E-state index in [1.165, 1.54) is 0 Å². The van der Waals surface area contributed by atoms with Crippen molar-refractivity contribution in [2.45, 2.75) is 12.5 Å². The molecule has 6 heteroatoms. The number of benzene rings is 1. The standard InChI is InChI=1S/C14H11NO5/c16-8-5-10(7-1-3-15-4-2-7)20-11-6-9(17)13(18)14(19)12(8)11/h1-4,6,10,17-19H,5H2. The first-order chi connectivity index (χ1) is 9.58. The van der Waals surface area contributed by atoms with Crippen molar-refractivity contribution >= 4 is 5.78 Å². The smallest absolute Gasteiger partial charge is 0.201 e. The molecule has 1 aromatic heterocycles. The maximum Gasteiger partial charge on any atom is 0.201 e. The van der Waals surface area contributed by atoms with Gasteiger partial charge in [0.1, 0.15) is 17.4 Å². The van der Waals surface area contributed by atoms with Crippen molar-refractivity contribution in [2.24, 2.45) is 0 Å². The minimum Gasteiger partial charge on any atom is -0.504 e. The van der Waals surface area contributed by atoms with Crippen LogP contribution in [-0.2, 0) is 0 Å². The summed E-state index contributed by atoms with van der Waals surface area (Å²) in [6, 6.07) is 4.57. The molecule has 1 aromatic carbocycles. The Labute approximate surface area is 113 Å². The number of carbonyl (C=O) groups is 1. The molecule has 3 rings (SSSR count). The van der Waals surface area contributed by atoms with E-state index in [2.05, 4.69) is 4.98 Å². The Morgan fingerprint density at radius 2 is 1.85 bits per heavy atom. The molecule has 0 amide bonds. The molecular formula is C14H11NO5. The summed E-state index contributed by atoms with van der Waals surface area (Å²) < 4.78 is 5.63. The monoisotopic (exact) mass is 273 g/mol. The molecular weight excluding hydrogens is 262 g/mol. The number of nitrogens with zero attached hydrogens (tertiary/aromatic N) is 1. The van der Waals surface area contributed by atoms with Gasteiger partial charge in [0.15, 0.2) is 17.3 Å². The lowest BCUT2D eigenvalue weighted by Gasteiger charge is -2.26. The topological polar surface area (TPSA) is 99.9 Å². The average Bonchev–Trinajstić information content (AvgIpc) is 2.45. The van der Waals surface area contributed by atoms with Crippen LogP contribution in [0.25, 0.3) is 0 Å². The molecule has 0 spiro atoms. The zero-order valence-corrected chi connectivity index (χ0v) is 10.3. The highest BCUT2D eigenvalue weighted by molar-refractivity contribution is 6.03. The molecule has 0 saturated heterocycles. The van der Waals surface area contributed by atoms with Crippen molar-refractivity contribution in [3.63, 3.8) is 0 Å². The van der Waals surface area contributed by atoms with Crippen LogP contribution in [0.3, 0.4) is 0 Å². The third-order valence-electron chi connectivity index (χ3n) is 3.21. The molecule has 1 aliphatic rings. The molecule has 6 nitrogen and oxygen atoms in total. The third kappa shape index (κ3) is 1.82. The zero-order chi connectivity index (χ0) is 14.3. The van der Waals surface area contributed by atoms with Gasteiger partial charge in [-0.1, -0.05) is 0 Å². The summed E-state index contributed by atoms with van der Waals surface area (Å²) in [5.41, 5.74) is 0.664. The van der Waals surface area contributed by atoms with E-state index < -0.39 is 23.4 Å². The van der Waals surface area contributed by atoms with Gasteiger partial charge in [-0.15, -0.1) is 0 Å². The number of phenolic OH excluding ortho intramolecular Hbond substituents is 3. The highest BCUT2D eigenvalue weighted by Gasteiger charge is 2.32. The molecule has 0 saturated carbocycles. The van der Waals surface area contributed by atoms with Crippen LogP contribution < -0.4 is 4.74 Å². The van der Waals surface area contributed by atoms with E-state index in [0.717, 1.165) is 11.6 Å². The molecule has 102 valence electrons. The molecule has 2 heterocycles. The number of phenols is 3. The zero-order valence-electron chi connectivity index (χ0n) is 10.3. The predicted octanol–water partition coefficient (Wildman–Crippen LogP) is 1.90. The van der Waals surface area contributed by atoms with Crippen LogP contribution in [-0.4, -0.2) is 26.1 Å². The summed E-state index contributed by atoms with van der Waals surface area (Å²) in [6.45, 7) is 0. The van der Waals surface area contributed by atoms with E-state index in [1.807, 2.05) is 0 Å². The molecule has 0 radical (unpaired) electrons. The molecule has 1 unspecified atom stereocenters. The number of Topliss-reactive ketones (excluding diaryl/α,β-unsaturated/α-hetero) is 1. The van der Waals surface area contributed by atoms with E-state index in [-0.39, 0.29) is 23.5 Å². The first kappa shape index (κ1) is 12.3. The highest BCUT2D eigenvalue weighted by atomic mass is 16.5. The van der Waals surface area contributed by atoms with Crippen molar-refractivity contribution in [1.29, 1.82) is 0 Å². The second kappa shape index (κ2) is 4.41. The molecule has 1 aliphatic heterocycles. The number of rotatable bonds is 1. The summed E-state index contributed by atoms with van der Waals surface area (Å²) in [4.78, 5) is 16.0. The number of ether oxygens (including phenoxy) is 1. The lowest BCUT2D eigenvalue weighted by molar-refractivity contribution is 0.0843. The van der Waals surface area contributed by atoms with Crippen molar-refractivity contribution in [3.05, 3.63) is 41.7 Å². The number of ketones is 1. The normalized spacial score (nSPS) is 17.4. The van der Waals surface area contributed by atoms with Gasteiger partial charge < -0.3 is 20.1 Å². The predicted molar refractivity (Wildman–Crippen MR) is 68.0 cm³/mol. The average molecular weight is 273 g/mol. The summed E-state index contributed by atoms with van der Waals surface area (Å²) in [6.07, 6.45) is 2.70. The fourth-order valence-electron chi connectivity index (χ4n) is 2.21. The third-order valence-corrected chi connectivity index (χ3v) is 3.21. The quantitative estimate of drug-likeness (QED) is 0.686. The lowest BCUT2D eigenvalue weighted by atomic mass is 9.95. The molecule has 0 fully saturated rings. The van der Waals surface area contributed by atoms with Crippen LogP contribution in [0.15, 0.2) is 30.6 Å². The maximum absolute atomic E-state index is 12.1. The number of hydrogen-bond donors (Lipinski definition) is 3. The first-order valence-electron chi connectivity index (χ1n) is 5.95. The van der Waals surface area contributed by atoms with Crippen LogP contribution in [0, 0.1) is 0 Å². The molecule has 3 N–H and O–H groups in total. The number of aromatic hydroxyl groups is 3. The van der Waals surface area contributed by atoms with E-state index in [0.29, 0.717) is 0 Å². The molecule has 0 aliphatic carbocycles. The van der Waals surface area contributed by atoms with Crippen LogP contribution >= 0.6 is 0 Å². The van der Waals surface area contributed by atoms with Gasteiger partial charge in [0, 0.05) is 18.5 Å². The van der Waals surface area contributed by atoms with Gasteiger partial charge >= 0.3 is 0 Å². The van der Waals surface area contributed by atoms with Crippen LogP contribution in [0.1, 0.15) is 28.4 Å². The Bertz CT molecular complexity index is 684. The first-order valence-corrected chi connectivity index (χ1v) is 5.95. The lowest BCUT2D eigenvalue weighted by Crippen LogP contribution is -2.20. The Morgan fingerprint density at radius 3 is 2.55 bits per heavy atom. The summed E-state index contributed by atoms with van der Waals surface area (Å²) >= 11 is 0. The van der Waals surface area contributed by atoms with Gasteiger partial charge in [0.05, 0.1) is 6.42 Å². The SMILES string of the molecule is O=C1CC(c2ccncc2)Oc2cc(O)c(O)c(O)c21. The second-order valence-electron chi connectivity index (χ2n) is 4.48. The van der Waals surface area contributed by atoms with Gasteiger partial charge in [-0.25, -0.2) is 0 Å². The van der Waals surface area contributed by atoms with Gasteiger partial charge in [0.25, 0.3) is 0 Å². The van der Waals surface area contributed by atoms with Crippen LogP contribution in [0.2, 0.25) is 0 Å². The number of fused-ring (bicyclic) bond motifs is 1. The number of aromatic nitrogens is 1. The minimum atomic E-state index is -0.719. The number of pyridine rings is 1. The van der Waals surface area contributed by atoms with Crippen LogP contribution in [0.4, 0.5) is 0 Å². The summed E-state index contributed by atoms with van der Waals surface area (Å²) in [5.74, 6) is -2.22. The van der Waals surface area contributed by atoms with E-state index in [9.17, 15) is 20.1 Å². The summed E-state index contributed by atoms with van der Waals surface area (Å²) in [5, 5.41) is 28.7. The molecule has 1 atom stereocenters. The van der Waals surface area contributed by atoms with E-state index in [4.69, 9.17) is 4.74 Å². The van der Waals surface area contributed by atoms with Gasteiger partial charge in [-0.2, -0.15) is 0 Å². The van der Waals surface area contributed by atoms with Crippen LogP contribution in [0.5, 0.6) is 23.0 Å². The van der Waals surface area contributed by atoms with Crippen molar-refractivity contribution in [1.82, 2.24) is 4.98 Å². The Balaban J connectivity index is 2.06. The van der Waals surface area contributed by atoms with Crippen molar-refractivity contribution in [3.8, 4) is 23.0 Å². The summed E-state index contributed by atoms with van der Waals surface area (Å²) in [7, 11) is 0. The Morgan fingerprint density at radius 1 is 1.15 bits per heavy atom. The molecule has 0 bridgehead atoms. The van der Waals surface area contributed by atoms with Gasteiger partial charge in [-0.05, 0) is 17.7 Å². The maximum atomic E-state index is 12.1. The van der Waals surface area contributed by atoms with E-state index in [1.54, 1.807) is 24.5 Å². The Hall–Kier alpha value is -2.76. The largest absolute Gasteiger partial charge is 0.504 e. The van der Waals surface area contributed by atoms with Gasteiger partial charge in [0.2, 0.25) is 5.75 Å². The number of hydrogen-bond acceptors (Lipinski definition) is 6. The fourth-order valence-corrected chi connectivity index (χ4v) is 2.21. The minimum absolute atomic E-state index is 0.0365. The molecule has 20 heavy (non-hydrogen) atoms. The fraction of sp³-hybridized carbons (Fsp3) is 0.143. The van der Waals surface area contributed by atoms with Crippen molar-refractivity contribution < 1.29 is 24.9 Å². The highest BCUT2D eigenvalue weighted by Crippen LogP contribution is 2.47. The van der Waals surface area contributed by atoms with Crippen molar-refractivity contribution in [2.75, 3.05) is 0 Å². The second-order valence-corrected chi connectivity index (χ2v) is 4.48. The van der Waals surface area contributed by atoms with Gasteiger partial charge in [-0.3, -0.25) is 9.78 Å². The Kier molecular flexibility index (Phi) is 2.71. The number of carbonyl (C=O) groups excluding carboxylic acids is 1. The molecule has 2 aromatic rings. The van der Waals surface area contributed by atoms with E-state index >= 15 is 0 Å².